The Bertz CT molecular complexity index is 412. The highest BCUT2D eigenvalue weighted by atomic mass is 19.1. The number of methoxy groups -OCH3 is 1. The van der Waals surface area contributed by atoms with Gasteiger partial charge in [0.25, 0.3) is 0 Å². The molecule has 0 heterocycles. The van der Waals surface area contributed by atoms with Gasteiger partial charge in [0.1, 0.15) is 11.6 Å². The maximum atomic E-state index is 14.0. The van der Waals surface area contributed by atoms with Gasteiger partial charge in [-0.05, 0) is 37.9 Å². The van der Waals surface area contributed by atoms with Crippen LogP contribution in [0, 0.1) is 17.6 Å². The van der Waals surface area contributed by atoms with Crippen molar-refractivity contribution in [3.05, 3.63) is 35.4 Å². The van der Waals surface area contributed by atoms with Gasteiger partial charge < -0.3 is 10.1 Å². The first-order chi connectivity index (χ1) is 9.69. The van der Waals surface area contributed by atoms with Gasteiger partial charge in [-0.3, -0.25) is 0 Å². The summed E-state index contributed by atoms with van der Waals surface area (Å²) >= 11 is 0. The number of likely N-dealkylation sites (N-methyl/N-ethyl adjacent to an activating group) is 1. The average molecular weight is 283 g/mol. The molecule has 2 atom stereocenters. The number of halogens is 2. The molecule has 1 aromatic carbocycles. The van der Waals surface area contributed by atoms with E-state index >= 15 is 0 Å². The average Bonchev–Trinajstić information content (AvgIpc) is 2.47. The topological polar surface area (TPSA) is 21.3 Å². The van der Waals surface area contributed by atoms with Gasteiger partial charge in [0.05, 0.1) is 12.1 Å². The van der Waals surface area contributed by atoms with E-state index in [4.69, 9.17) is 4.74 Å². The summed E-state index contributed by atoms with van der Waals surface area (Å²) in [5.74, 6) is -0.672. The van der Waals surface area contributed by atoms with E-state index in [0.717, 1.165) is 12.8 Å². The van der Waals surface area contributed by atoms with Crippen LogP contribution in [-0.4, -0.2) is 20.3 Å². The van der Waals surface area contributed by atoms with E-state index in [2.05, 4.69) is 5.32 Å². The van der Waals surface area contributed by atoms with E-state index in [1.807, 2.05) is 0 Å². The fourth-order valence-electron chi connectivity index (χ4n) is 3.34. The van der Waals surface area contributed by atoms with Crippen LogP contribution in [-0.2, 0) is 4.74 Å². The molecule has 4 heteroatoms. The molecular formula is C16H23F2NO. The van der Waals surface area contributed by atoms with Crippen molar-refractivity contribution in [2.24, 2.45) is 5.92 Å². The van der Waals surface area contributed by atoms with Gasteiger partial charge in [-0.1, -0.05) is 25.3 Å². The molecule has 2 unspecified atom stereocenters. The zero-order valence-corrected chi connectivity index (χ0v) is 12.2. The van der Waals surface area contributed by atoms with Gasteiger partial charge in [-0.15, -0.1) is 0 Å². The second-order valence-corrected chi connectivity index (χ2v) is 5.50. The van der Waals surface area contributed by atoms with Gasteiger partial charge >= 0.3 is 0 Å². The van der Waals surface area contributed by atoms with Crippen molar-refractivity contribution in [1.82, 2.24) is 5.32 Å². The Kier molecular flexibility index (Phi) is 5.49. The third-order valence-corrected chi connectivity index (χ3v) is 4.34. The summed E-state index contributed by atoms with van der Waals surface area (Å²) in [5, 5.41) is 3.04. The molecule has 0 radical (unpaired) electrons. The van der Waals surface area contributed by atoms with Crippen LogP contribution in [0.15, 0.2) is 18.2 Å². The van der Waals surface area contributed by atoms with Gasteiger partial charge in [0.2, 0.25) is 0 Å². The van der Waals surface area contributed by atoms with Crippen LogP contribution < -0.4 is 5.32 Å². The number of benzene rings is 1. The van der Waals surface area contributed by atoms with Gasteiger partial charge in [0.15, 0.2) is 0 Å². The molecule has 0 spiro atoms. The van der Waals surface area contributed by atoms with E-state index in [9.17, 15) is 8.78 Å². The predicted molar refractivity (Wildman–Crippen MR) is 75.5 cm³/mol. The maximum absolute atomic E-state index is 14.0. The van der Waals surface area contributed by atoms with Crippen LogP contribution >= 0.6 is 0 Å². The molecule has 1 aliphatic rings. The third-order valence-electron chi connectivity index (χ3n) is 4.34. The Morgan fingerprint density at radius 2 is 1.75 bits per heavy atom. The van der Waals surface area contributed by atoms with Crippen molar-refractivity contribution in [2.75, 3.05) is 14.2 Å². The smallest absolute Gasteiger partial charge is 0.131 e. The Morgan fingerprint density at radius 1 is 1.15 bits per heavy atom. The highest BCUT2D eigenvalue weighted by molar-refractivity contribution is 5.24. The largest absolute Gasteiger partial charge is 0.379 e. The molecule has 0 saturated heterocycles. The van der Waals surface area contributed by atoms with Crippen LogP contribution in [0.2, 0.25) is 0 Å². The number of rotatable bonds is 5. The Balaban J connectivity index is 2.29. The van der Waals surface area contributed by atoms with E-state index in [1.54, 1.807) is 14.2 Å². The van der Waals surface area contributed by atoms with E-state index in [-0.39, 0.29) is 11.7 Å². The lowest BCUT2D eigenvalue weighted by Crippen LogP contribution is -2.38. The highest BCUT2D eigenvalue weighted by Gasteiger charge is 2.33. The van der Waals surface area contributed by atoms with E-state index in [0.29, 0.717) is 5.92 Å². The van der Waals surface area contributed by atoms with E-state index in [1.165, 1.54) is 37.5 Å². The summed E-state index contributed by atoms with van der Waals surface area (Å²) in [4.78, 5) is 0. The first-order valence-electron chi connectivity index (χ1n) is 7.33. The lowest BCUT2D eigenvalue weighted by molar-refractivity contribution is 0.00768. The van der Waals surface area contributed by atoms with Gasteiger partial charge in [-0.25, -0.2) is 8.78 Å². The van der Waals surface area contributed by atoms with Gasteiger partial charge in [-0.2, -0.15) is 0 Å². The molecule has 1 aromatic rings. The molecule has 0 aromatic heterocycles. The monoisotopic (exact) mass is 283 g/mol. The molecule has 0 amide bonds. The van der Waals surface area contributed by atoms with Crippen molar-refractivity contribution in [3.63, 3.8) is 0 Å². The quantitative estimate of drug-likeness (QED) is 0.887. The molecule has 1 fully saturated rings. The predicted octanol–water partition coefficient (Wildman–Crippen LogP) is 3.82. The highest BCUT2D eigenvalue weighted by Crippen LogP contribution is 2.35. The van der Waals surface area contributed by atoms with E-state index < -0.39 is 17.7 Å². The van der Waals surface area contributed by atoms with Crippen LogP contribution in [0.25, 0.3) is 0 Å². The molecular weight excluding hydrogens is 260 g/mol. The zero-order valence-electron chi connectivity index (χ0n) is 12.2. The van der Waals surface area contributed by atoms with Crippen molar-refractivity contribution in [3.8, 4) is 0 Å². The summed E-state index contributed by atoms with van der Waals surface area (Å²) in [6, 6.07) is 3.54. The molecule has 1 aliphatic carbocycles. The molecule has 1 saturated carbocycles. The standard InChI is InChI=1S/C16H23F2NO/c1-19-15(14-12(17)9-6-10-13(14)18)16(20-2)11-7-4-3-5-8-11/h6,9-11,15-16,19H,3-5,7-8H2,1-2H3. The van der Waals surface area contributed by atoms with Crippen LogP contribution in [0.1, 0.15) is 43.7 Å². The summed E-state index contributed by atoms with van der Waals surface area (Å²) in [6.07, 6.45) is 5.50. The Morgan fingerprint density at radius 3 is 2.25 bits per heavy atom. The molecule has 0 bridgehead atoms. The minimum atomic E-state index is -0.512. The normalized spacial score (nSPS) is 19.8. The van der Waals surface area contributed by atoms with Crippen LogP contribution in [0.4, 0.5) is 8.78 Å². The van der Waals surface area contributed by atoms with Crippen LogP contribution in [0.5, 0.6) is 0 Å². The minimum absolute atomic E-state index is 0.0902. The van der Waals surface area contributed by atoms with Crippen molar-refractivity contribution in [2.45, 2.75) is 44.2 Å². The number of ether oxygens (including phenoxy) is 1. The second-order valence-electron chi connectivity index (χ2n) is 5.50. The summed E-state index contributed by atoms with van der Waals surface area (Å²) in [6.45, 7) is 0. The van der Waals surface area contributed by atoms with Gasteiger partial charge in [0, 0.05) is 12.7 Å². The summed E-state index contributed by atoms with van der Waals surface area (Å²) < 4.78 is 33.6. The number of hydrogen-bond donors (Lipinski definition) is 1. The SMILES string of the molecule is CNC(c1c(F)cccc1F)C(OC)C1CCCCC1. The second kappa shape index (κ2) is 7.14. The minimum Gasteiger partial charge on any atom is -0.379 e. The maximum Gasteiger partial charge on any atom is 0.131 e. The molecule has 0 aliphatic heterocycles. The molecule has 2 nitrogen and oxygen atoms in total. The Hall–Kier alpha value is -1.00. The molecule has 20 heavy (non-hydrogen) atoms. The zero-order chi connectivity index (χ0) is 14.5. The van der Waals surface area contributed by atoms with Crippen molar-refractivity contribution in [1.29, 1.82) is 0 Å². The first-order valence-corrected chi connectivity index (χ1v) is 7.33. The third kappa shape index (κ3) is 3.18. The van der Waals surface area contributed by atoms with Crippen molar-refractivity contribution < 1.29 is 13.5 Å². The first kappa shape index (κ1) is 15.4. The van der Waals surface area contributed by atoms with Crippen LogP contribution in [0.3, 0.4) is 0 Å². The fourth-order valence-corrected chi connectivity index (χ4v) is 3.34. The lowest BCUT2D eigenvalue weighted by Gasteiger charge is -2.35. The summed E-state index contributed by atoms with van der Waals surface area (Å²) in [5.41, 5.74) is 0.0902. The number of nitrogens with one attached hydrogen (secondary N) is 1. The number of hydrogen-bond acceptors (Lipinski definition) is 2. The summed E-state index contributed by atoms with van der Waals surface area (Å²) in [7, 11) is 3.35. The molecule has 2 rings (SSSR count). The Labute approximate surface area is 119 Å². The molecule has 112 valence electrons. The molecule has 1 N–H and O–H groups in total. The van der Waals surface area contributed by atoms with Crippen molar-refractivity contribution >= 4 is 0 Å². The lowest BCUT2D eigenvalue weighted by atomic mass is 9.80. The fraction of sp³-hybridized carbons (Fsp3) is 0.625.